The fourth-order valence-electron chi connectivity index (χ4n) is 0.529. The van der Waals surface area contributed by atoms with Crippen LogP contribution >= 0.6 is 0 Å². The number of carbonyl (C=O) groups excluding carboxylic acids is 1. The lowest BCUT2D eigenvalue weighted by molar-refractivity contribution is -0.113. The molecule has 0 spiro atoms. The van der Waals surface area contributed by atoms with E-state index in [2.05, 4.69) is 11.7 Å². The van der Waals surface area contributed by atoms with Gasteiger partial charge in [-0.2, -0.15) is 0 Å². The first-order chi connectivity index (χ1) is 4.72. The van der Waals surface area contributed by atoms with Crippen LogP contribution in [0.4, 0.5) is 0 Å². The molecule has 0 fully saturated rings. The van der Waals surface area contributed by atoms with Crippen LogP contribution in [0.2, 0.25) is 0 Å². The van der Waals surface area contributed by atoms with Crippen LogP contribution in [0.5, 0.6) is 0 Å². The maximum Gasteiger partial charge on any atom is 0.161 e. The molecule has 0 rings (SSSR count). The van der Waals surface area contributed by atoms with Crippen molar-refractivity contribution in [2.45, 2.75) is 13.8 Å². The van der Waals surface area contributed by atoms with Crippen molar-refractivity contribution in [2.24, 2.45) is 4.99 Å². The molecular formula is C8H11NO. The quantitative estimate of drug-likeness (QED) is 0.331. The Balaban J connectivity index is 4.41. The number of allylic oxidation sites excluding steroid dienone is 3. The van der Waals surface area contributed by atoms with Gasteiger partial charge in [-0.15, -0.1) is 0 Å². The zero-order valence-corrected chi connectivity index (χ0v) is 6.29. The second-order valence-electron chi connectivity index (χ2n) is 1.82. The largest absolute Gasteiger partial charge is 0.294 e. The zero-order chi connectivity index (χ0) is 7.98. The maximum atomic E-state index is 10.7. The molecule has 0 bridgehead atoms. The molecule has 0 saturated carbocycles. The van der Waals surface area contributed by atoms with E-state index in [9.17, 15) is 4.79 Å². The van der Waals surface area contributed by atoms with Crippen molar-refractivity contribution in [1.29, 1.82) is 0 Å². The summed E-state index contributed by atoms with van der Waals surface area (Å²) in [5.41, 5.74) is 0.581. The highest BCUT2D eigenvalue weighted by Gasteiger charge is 1.95. The van der Waals surface area contributed by atoms with E-state index in [0.717, 1.165) is 0 Å². The molecule has 0 N–H and O–H groups in total. The molecule has 0 radical (unpaired) electrons. The third kappa shape index (κ3) is 2.97. The lowest BCUT2D eigenvalue weighted by atomic mass is 10.2. The van der Waals surface area contributed by atoms with E-state index >= 15 is 0 Å². The standard InChI is InChI=1S/C8H11NO/c1-4-5-8(6-9-3)7(2)10/h4-6H,3H2,1-2H3/b5-4-,8-6+. The van der Waals surface area contributed by atoms with E-state index in [-0.39, 0.29) is 5.78 Å². The van der Waals surface area contributed by atoms with E-state index in [1.165, 1.54) is 13.1 Å². The summed E-state index contributed by atoms with van der Waals surface area (Å²) in [7, 11) is 0. The Bertz CT molecular complexity index is 189. The molecule has 0 aliphatic heterocycles. The SMILES string of the molecule is C=N/C=C(\C=C/C)C(C)=O. The molecule has 0 saturated heterocycles. The normalized spacial score (nSPS) is 12.0. The van der Waals surface area contributed by atoms with Crippen molar-refractivity contribution >= 4 is 12.5 Å². The molecule has 0 aliphatic carbocycles. The molecule has 0 amide bonds. The van der Waals surface area contributed by atoms with Crippen LogP contribution in [0, 0.1) is 0 Å². The number of nitrogens with zero attached hydrogens (tertiary/aromatic N) is 1. The highest BCUT2D eigenvalue weighted by atomic mass is 16.1. The Morgan fingerprint density at radius 1 is 1.60 bits per heavy atom. The van der Waals surface area contributed by atoms with Crippen molar-refractivity contribution in [3.63, 3.8) is 0 Å². The van der Waals surface area contributed by atoms with Gasteiger partial charge in [0.15, 0.2) is 5.78 Å². The van der Waals surface area contributed by atoms with Crippen LogP contribution in [-0.2, 0) is 4.79 Å². The van der Waals surface area contributed by atoms with Crippen LogP contribution in [0.15, 0.2) is 28.9 Å². The number of hydrogen-bond donors (Lipinski definition) is 0. The van der Waals surface area contributed by atoms with Gasteiger partial charge in [0.05, 0.1) is 0 Å². The van der Waals surface area contributed by atoms with Gasteiger partial charge >= 0.3 is 0 Å². The highest BCUT2D eigenvalue weighted by molar-refractivity contribution is 5.95. The number of hydrogen-bond acceptors (Lipinski definition) is 2. The Morgan fingerprint density at radius 2 is 2.20 bits per heavy atom. The molecule has 0 aromatic heterocycles. The summed E-state index contributed by atoms with van der Waals surface area (Å²) in [6.45, 7) is 6.60. The summed E-state index contributed by atoms with van der Waals surface area (Å²) in [4.78, 5) is 14.2. The van der Waals surface area contributed by atoms with Gasteiger partial charge in [0, 0.05) is 11.8 Å². The van der Waals surface area contributed by atoms with E-state index in [1.54, 1.807) is 12.2 Å². The van der Waals surface area contributed by atoms with Crippen molar-refractivity contribution in [3.8, 4) is 0 Å². The molecule has 0 aliphatic rings. The summed E-state index contributed by atoms with van der Waals surface area (Å²) < 4.78 is 0. The summed E-state index contributed by atoms with van der Waals surface area (Å²) >= 11 is 0. The van der Waals surface area contributed by atoms with Gasteiger partial charge in [-0.25, -0.2) is 0 Å². The van der Waals surface area contributed by atoms with Crippen molar-refractivity contribution in [1.82, 2.24) is 0 Å². The van der Waals surface area contributed by atoms with Gasteiger partial charge in [-0.3, -0.25) is 9.79 Å². The fourth-order valence-corrected chi connectivity index (χ4v) is 0.529. The van der Waals surface area contributed by atoms with Gasteiger partial charge in [0.2, 0.25) is 0 Å². The van der Waals surface area contributed by atoms with E-state index < -0.39 is 0 Å². The minimum atomic E-state index is 0.00509. The van der Waals surface area contributed by atoms with Crippen LogP contribution < -0.4 is 0 Å². The van der Waals surface area contributed by atoms with Crippen molar-refractivity contribution < 1.29 is 4.79 Å². The topological polar surface area (TPSA) is 29.4 Å². The Labute approximate surface area is 61.0 Å². The first kappa shape index (κ1) is 8.82. The number of ketones is 1. The third-order valence-corrected chi connectivity index (χ3v) is 0.983. The van der Waals surface area contributed by atoms with Crippen LogP contribution in [-0.4, -0.2) is 12.5 Å². The predicted octanol–water partition coefficient (Wildman–Crippen LogP) is 1.74. The summed E-state index contributed by atoms with van der Waals surface area (Å²) in [6.07, 6.45) is 4.94. The van der Waals surface area contributed by atoms with Gasteiger partial charge in [-0.05, 0) is 20.6 Å². The Hall–Kier alpha value is -1.18. The molecule has 0 unspecified atom stereocenters. The first-order valence-corrected chi connectivity index (χ1v) is 3.02. The van der Waals surface area contributed by atoms with E-state index in [1.807, 2.05) is 6.92 Å². The van der Waals surface area contributed by atoms with Gasteiger partial charge in [-0.1, -0.05) is 12.2 Å². The maximum absolute atomic E-state index is 10.7. The number of Topliss-reactive ketones (excluding diaryl/α,β-unsaturated/α-hetero) is 1. The zero-order valence-electron chi connectivity index (χ0n) is 6.29. The molecule has 54 valence electrons. The van der Waals surface area contributed by atoms with E-state index in [0.29, 0.717) is 5.57 Å². The minimum absolute atomic E-state index is 0.00509. The molecule has 0 heterocycles. The van der Waals surface area contributed by atoms with Crippen LogP contribution in [0.1, 0.15) is 13.8 Å². The number of rotatable bonds is 3. The average molecular weight is 137 g/mol. The highest BCUT2D eigenvalue weighted by Crippen LogP contribution is 1.97. The van der Waals surface area contributed by atoms with E-state index in [4.69, 9.17) is 0 Å². The Morgan fingerprint density at radius 3 is 2.50 bits per heavy atom. The predicted molar refractivity (Wildman–Crippen MR) is 43.1 cm³/mol. The molecule has 0 atom stereocenters. The fraction of sp³-hybridized carbons (Fsp3) is 0.250. The second-order valence-corrected chi connectivity index (χ2v) is 1.82. The number of carbonyl (C=O) groups is 1. The molecule has 0 aromatic rings. The lowest BCUT2D eigenvalue weighted by Gasteiger charge is -1.89. The summed E-state index contributed by atoms with van der Waals surface area (Å²) in [5.74, 6) is 0.00509. The van der Waals surface area contributed by atoms with Crippen molar-refractivity contribution in [2.75, 3.05) is 0 Å². The van der Waals surface area contributed by atoms with Crippen LogP contribution in [0.25, 0.3) is 0 Å². The summed E-state index contributed by atoms with van der Waals surface area (Å²) in [6, 6.07) is 0. The van der Waals surface area contributed by atoms with Crippen molar-refractivity contribution in [3.05, 3.63) is 23.9 Å². The number of aliphatic imine (C=N–C) groups is 1. The van der Waals surface area contributed by atoms with Gasteiger partial charge in [0.25, 0.3) is 0 Å². The summed E-state index contributed by atoms with van der Waals surface area (Å²) in [5, 5.41) is 0. The Kier molecular flexibility index (Phi) is 4.12. The van der Waals surface area contributed by atoms with Gasteiger partial charge in [0.1, 0.15) is 0 Å². The molecule has 2 nitrogen and oxygen atoms in total. The molecular weight excluding hydrogens is 126 g/mol. The lowest BCUT2D eigenvalue weighted by Crippen LogP contribution is -1.91. The first-order valence-electron chi connectivity index (χ1n) is 3.02. The average Bonchev–Trinajstić information content (AvgIpc) is 1.87. The molecule has 2 heteroatoms. The molecule has 10 heavy (non-hydrogen) atoms. The molecule has 0 aromatic carbocycles. The minimum Gasteiger partial charge on any atom is -0.294 e. The van der Waals surface area contributed by atoms with Gasteiger partial charge < -0.3 is 0 Å². The smallest absolute Gasteiger partial charge is 0.161 e. The second kappa shape index (κ2) is 4.68. The monoisotopic (exact) mass is 137 g/mol. The van der Waals surface area contributed by atoms with Crippen LogP contribution in [0.3, 0.4) is 0 Å². The third-order valence-electron chi connectivity index (χ3n) is 0.983.